The van der Waals surface area contributed by atoms with Crippen LogP contribution in [0, 0.1) is 0 Å². The number of benzene rings is 1. The van der Waals surface area contributed by atoms with E-state index in [4.69, 9.17) is 0 Å². The highest BCUT2D eigenvalue weighted by molar-refractivity contribution is 5.76. The van der Waals surface area contributed by atoms with Gasteiger partial charge < -0.3 is 9.64 Å². The SMILES string of the molecule is CCN1CCN(Cc2ccc(OC(F)(F)F)cc2)CCC1=O. The molecular formula is C15H19F3N2O2. The number of ether oxygens (including phenoxy) is 1. The quantitative estimate of drug-likeness (QED) is 0.856. The van der Waals surface area contributed by atoms with Crippen molar-refractivity contribution in [1.29, 1.82) is 0 Å². The van der Waals surface area contributed by atoms with Crippen molar-refractivity contribution in [3.05, 3.63) is 29.8 Å². The molecule has 0 unspecified atom stereocenters. The van der Waals surface area contributed by atoms with E-state index in [2.05, 4.69) is 9.64 Å². The zero-order valence-electron chi connectivity index (χ0n) is 12.4. The standard InChI is InChI=1S/C15H19F3N2O2/c1-2-20-10-9-19(8-7-14(20)21)11-12-3-5-13(6-4-12)22-15(16,17)18/h3-6H,2,7-11H2,1H3. The molecular weight excluding hydrogens is 297 g/mol. The van der Waals surface area contributed by atoms with E-state index in [1.807, 2.05) is 11.8 Å². The summed E-state index contributed by atoms with van der Waals surface area (Å²) in [7, 11) is 0. The van der Waals surface area contributed by atoms with E-state index in [0.717, 1.165) is 12.1 Å². The smallest absolute Gasteiger partial charge is 0.406 e. The molecule has 1 saturated heterocycles. The van der Waals surface area contributed by atoms with Crippen LogP contribution in [0.1, 0.15) is 18.9 Å². The van der Waals surface area contributed by atoms with Gasteiger partial charge in [0, 0.05) is 39.1 Å². The second-order valence-electron chi connectivity index (χ2n) is 5.19. The first kappa shape index (κ1) is 16.6. The molecule has 2 rings (SSSR count). The number of nitrogens with zero attached hydrogens (tertiary/aromatic N) is 2. The van der Waals surface area contributed by atoms with Crippen molar-refractivity contribution in [2.75, 3.05) is 26.2 Å². The molecule has 0 aliphatic carbocycles. The number of carbonyl (C=O) groups excluding carboxylic acids is 1. The van der Waals surface area contributed by atoms with Crippen LogP contribution in [0.5, 0.6) is 5.75 Å². The topological polar surface area (TPSA) is 32.8 Å². The number of amides is 1. The van der Waals surface area contributed by atoms with Crippen LogP contribution in [-0.2, 0) is 11.3 Å². The van der Waals surface area contributed by atoms with Gasteiger partial charge in [0.05, 0.1) is 0 Å². The molecule has 122 valence electrons. The van der Waals surface area contributed by atoms with E-state index in [0.29, 0.717) is 32.6 Å². The molecule has 1 amide bonds. The third-order valence-corrected chi connectivity index (χ3v) is 3.63. The van der Waals surface area contributed by atoms with E-state index < -0.39 is 6.36 Å². The minimum Gasteiger partial charge on any atom is -0.406 e. The summed E-state index contributed by atoms with van der Waals surface area (Å²) in [6.45, 7) is 5.38. The van der Waals surface area contributed by atoms with Crippen molar-refractivity contribution in [1.82, 2.24) is 9.80 Å². The molecule has 22 heavy (non-hydrogen) atoms. The zero-order chi connectivity index (χ0) is 16.2. The lowest BCUT2D eigenvalue weighted by Crippen LogP contribution is -2.32. The van der Waals surface area contributed by atoms with Gasteiger partial charge in [0.15, 0.2) is 0 Å². The monoisotopic (exact) mass is 316 g/mol. The van der Waals surface area contributed by atoms with Crippen LogP contribution in [0.25, 0.3) is 0 Å². The second-order valence-corrected chi connectivity index (χ2v) is 5.19. The van der Waals surface area contributed by atoms with Crippen molar-refractivity contribution in [3.8, 4) is 5.75 Å². The van der Waals surface area contributed by atoms with Crippen molar-refractivity contribution in [3.63, 3.8) is 0 Å². The van der Waals surface area contributed by atoms with Crippen LogP contribution in [0.3, 0.4) is 0 Å². The Morgan fingerprint density at radius 2 is 1.82 bits per heavy atom. The van der Waals surface area contributed by atoms with Crippen molar-refractivity contribution in [2.24, 2.45) is 0 Å². The van der Waals surface area contributed by atoms with Crippen LogP contribution < -0.4 is 4.74 Å². The van der Waals surface area contributed by atoms with Gasteiger partial charge in [-0.25, -0.2) is 0 Å². The van der Waals surface area contributed by atoms with Crippen LogP contribution in [-0.4, -0.2) is 48.2 Å². The Bertz CT molecular complexity index is 503. The third-order valence-electron chi connectivity index (χ3n) is 3.63. The fraction of sp³-hybridized carbons (Fsp3) is 0.533. The van der Waals surface area contributed by atoms with Crippen LogP contribution in [0.2, 0.25) is 0 Å². The average molecular weight is 316 g/mol. The van der Waals surface area contributed by atoms with Crippen LogP contribution in [0.4, 0.5) is 13.2 Å². The number of hydrogen-bond acceptors (Lipinski definition) is 3. The Balaban J connectivity index is 1.92. The summed E-state index contributed by atoms with van der Waals surface area (Å²) in [6.07, 6.45) is -4.20. The molecule has 0 N–H and O–H groups in total. The molecule has 4 nitrogen and oxygen atoms in total. The normalized spacial score (nSPS) is 17.5. The number of carbonyl (C=O) groups is 1. The maximum absolute atomic E-state index is 12.1. The highest BCUT2D eigenvalue weighted by atomic mass is 19.4. The number of hydrogen-bond donors (Lipinski definition) is 0. The minimum atomic E-state index is -4.67. The first-order valence-electron chi connectivity index (χ1n) is 7.22. The minimum absolute atomic E-state index is 0.152. The van der Waals surface area contributed by atoms with Gasteiger partial charge >= 0.3 is 6.36 Å². The fourth-order valence-electron chi connectivity index (χ4n) is 2.46. The number of halogens is 3. The summed E-state index contributed by atoms with van der Waals surface area (Å²) >= 11 is 0. The Hall–Kier alpha value is -1.76. The Morgan fingerprint density at radius 1 is 1.14 bits per heavy atom. The van der Waals surface area contributed by atoms with Gasteiger partial charge in [0.25, 0.3) is 0 Å². The Labute approximate surface area is 127 Å². The molecule has 0 atom stereocenters. The molecule has 1 aromatic rings. The van der Waals surface area contributed by atoms with Gasteiger partial charge in [-0.1, -0.05) is 12.1 Å². The van der Waals surface area contributed by atoms with E-state index in [-0.39, 0.29) is 11.7 Å². The highest BCUT2D eigenvalue weighted by Gasteiger charge is 2.31. The van der Waals surface area contributed by atoms with E-state index in [1.54, 1.807) is 12.1 Å². The largest absolute Gasteiger partial charge is 0.573 e. The van der Waals surface area contributed by atoms with E-state index in [9.17, 15) is 18.0 Å². The van der Waals surface area contributed by atoms with Gasteiger partial charge in [0.1, 0.15) is 5.75 Å². The fourth-order valence-corrected chi connectivity index (χ4v) is 2.46. The summed E-state index contributed by atoms with van der Waals surface area (Å²) in [5.41, 5.74) is 0.895. The lowest BCUT2D eigenvalue weighted by Gasteiger charge is -2.21. The van der Waals surface area contributed by atoms with Crippen molar-refractivity contribution < 1.29 is 22.7 Å². The average Bonchev–Trinajstić information content (AvgIpc) is 2.62. The second kappa shape index (κ2) is 7.00. The van der Waals surface area contributed by atoms with Crippen LogP contribution >= 0.6 is 0 Å². The Morgan fingerprint density at radius 3 is 2.41 bits per heavy atom. The predicted octanol–water partition coefficient (Wildman–Crippen LogP) is 2.64. The molecule has 0 spiro atoms. The van der Waals surface area contributed by atoms with Gasteiger partial charge in [0.2, 0.25) is 5.91 Å². The molecule has 7 heteroatoms. The summed E-state index contributed by atoms with van der Waals surface area (Å²) < 4.78 is 40.1. The zero-order valence-corrected chi connectivity index (χ0v) is 12.4. The highest BCUT2D eigenvalue weighted by Crippen LogP contribution is 2.23. The molecule has 1 heterocycles. The molecule has 0 radical (unpaired) electrons. The molecule has 1 aliphatic heterocycles. The van der Waals surface area contributed by atoms with Crippen molar-refractivity contribution in [2.45, 2.75) is 26.3 Å². The predicted molar refractivity (Wildman–Crippen MR) is 75.3 cm³/mol. The maximum Gasteiger partial charge on any atom is 0.573 e. The molecule has 1 aliphatic rings. The van der Waals surface area contributed by atoms with Gasteiger partial charge in [-0.2, -0.15) is 0 Å². The van der Waals surface area contributed by atoms with Gasteiger partial charge in [-0.15, -0.1) is 13.2 Å². The van der Waals surface area contributed by atoms with Crippen LogP contribution in [0.15, 0.2) is 24.3 Å². The number of rotatable bonds is 4. The lowest BCUT2D eigenvalue weighted by atomic mass is 10.2. The number of likely N-dealkylation sites (N-methyl/N-ethyl adjacent to an activating group) is 1. The summed E-state index contributed by atoms with van der Waals surface area (Å²) in [5, 5.41) is 0. The summed E-state index contributed by atoms with van der Waals surface area (Å²) in [6, 6.07) is 5.85. The van der Waals surface area contributed by atoms with Gasteiger partial charge in [-0.3, -0.25) is 9.69 Å². The Kier molecular flexibility index (Phi) is 5.28. The number of alkyl halides is 3. The molecule has 1 aromatic carbocycles. The molecule has 1 fully saturated rings. The maximum atomic E-state index is 12.1. The third kappa shape index (κ3) is 4.91. The van der Waals surface area contributed by atoms with E-state index in [1.165, 1.54) is 12.1 Å². The molecule has 0 aromatic heterocycles. The first-order chi connectivity index (χ1) is 10.4. The molecule has 0 saturated carbocycles. The summed E-state index contributed by atoms with van der Waals surface area (Å²) in [5.74, 6) is -0.0709. The van der Waals surface area contributed by atoms with Crippen molar-refractivity contribution >= 4 is 5.91 Å². The van der Waals surface area contributed by atoms with E-state index >= 15 is 0 Å². The lowest BCUT2D eigenvalue weighted by molar-refractivity contribution is -0.274. The molecule has 0 bridgehead atoms. The summed E-state index contributed by atoms with van der Waals surface area (Å²) in [4.78, 5) is 15.7. The van der Waals surface area contributed by atoms with Gasteiger partial charge in [-0.05, 0) is 24.6 Å². The first-order valence-corrected chi connectivity index (χ1v) is 7.22.